The molecule has 1 fully saturated rings. The van der Waals surface area contributed by atoms with Crippen molar-refractivity contribution in [2.45, 2.75) is 45.4 Å². The molecule has 1 aromatic heterocycles. The van der Waals surface area contributed by atoms with E-state index in [0.717, 1.165) is 22.2 Å². The molecule has 0 atom stereocenters. The number of aromatic nitrogens is 2. The Labute approximate surface area is 126 Å². The highest BCUT2D eigenvalue weighted by atomic mass is 127. The molecule has 0 aromatic carbocycles. The van der Waals surface area contributed by atoms with Crippen LogP contribution in [0.15, 0.2) is 0 Å². The van der Waals surface area contributed by atoms with Crippen LogP contribution in [0.25, 0.3) is 0 Å². The lowest BCUT2D eigenvalue weighted by atomic mass is 9.73. The zero-order valence-corrected chi connectivity index (χ0v) is 13.6. The minimum atomic E-state index is 0.412. The lowest BCUT2D eigenvalue weighted by Crippen LogP contribution is -2.21. The quantitative estimate of drug-likeness (QED) is 0.498. The zero-order valence-electron chi connectivity index (χ0n) is 9.93. The molecule has 94 valence electrons. The van der Waals surface area contributed by atoms with E-state index >= 15 is 0 Å². The van der Waals surface area contributed by atoms with E-state index in [9.17, 15) is 0 Å². The van der Waals surface area contributed by atoms with Gasteiger partial charge >= 0.3 is 0 Å². The Morgan fingerprint density at radius 3 is 2.06 bits per heavy atom. The lowest BCUT2D eigenvalue weighted by Gasteiger charge is -2.33. The van der Waals surface area contributed by atoms with E-state index in [-0.39, 0.29) is 0 Å². The summed E-state index contributed by atoms with van der Waals surface area (Å²) in [5, 5.41) is 0.955. The molecule has 0 amide bonds. The van der Waals surface area contributed by atoms with Crippen molar-refractivity contribution in [1.29, 1.82) is 0 Å². The first-order valence-corrected chi connectivity index (χ1v) is 7.61. The van der Waals surface area contributed by atoms with Gasteiger partial charge in [0, 0.05) is 5.92 Å². The zero-order chi connectivity index (χ0) is 12.6. The Morgan fingerprint density at radius 1 is 1.12 bits per heavy atom. The van der Waals surface area contributed by atoms with Gasteiger partial charge in [0.15, 0.2) is 0 Å². The van der Waals surface area contributed by atoms with Crippen molar-refractivity contribution in [2.75, 3.05) is 0 Å². The lowest BCUT2D eigenvalue weighted by molar-refractivity contribution is 0.221. The maximum atomic E-state index is 6.05. The van der Waals surface area contributed by atoms with Crippen LogP contribution >= 0.6 is 45.8 Å². The van der Waals surface area contributed by atoms with Crippen LogP contribution in [0.2, 0.25) is 10.3 Å². The standard InChI is InChI=1S/C12H15Cl2IN2/c1-12(2)5-3-7(4-6-12)11-16-9(13)8(15)10(14)17-11/h7H,3-6H2,1-2H3. The molecule has 2 rings (SSSR count). The fourth-order valence-corrected chi connectivity index (χ4v) is 2.89. The van der Waals surface area contributed by atoms with Gasteiger partial charge in [-0.2, -0.15) is 0 Å². The number of hydrogen-bond acceptors (Lipinski definition) is 2. The fourth-order valence-electron chi connectivity index (χ4n) is 2.25. The first-order chi connectivity index (χ1) is 7.89. The van der Waals surface area contributed by atoms with Gasteiger partial charge in [0.25, 0.3) is 0 Å². The highest BCUT2D eigenvalue weighted by Gasteiger charge is 2.29. The Kier molecular flexibility index (Phi) is 4.20. The number of nitrogens with zero attached hydrogens (tertiary/aromatic N) is 2. The van der Waals surface area contributed by atoms with Crippen molar-refractivity contribution in [3.05, 3.63) is 19.7 Å². The predicted octanol–water partition coefficient (Wildman–Crippen LogP) is 5.07. The third-order valence-corrected chi connectivity index (χ3v) is 5.70. The van der Waals surface area contributed by atoms with E-state index in [1.165, 1.54) is 12.8 Å². The molecule has 0 unspecified atom stereocenters. The van der Waals surface area contributed by atoms with Gasteiger partial charge in [0.2, 0.25) is 0 Å². The highest BCUT2D eigenvalue weighted by molar-refractivity contribution is 14.1. The van der Waals surface area contributed by atoms with Gasteiger partial charge in [-0.05, 0) is 53.7 Å². The number of hydrogen-bond donors (Lipinski definition) is 0. The van der Waals surface area contributed by atoms with Crippen molar-refractivity contribution in [2.24, 2.45) is 5.41 Å². The molecule has 1 aliphatic carbocycles. The van der Waals surface area contributed by atoms with Crippen molar-refractivity contribution in [3.8, 4) is 0 Å². The third kappa shape index (κ3) is 3.24. The summed E-state index contributed by atoms with van der Waals surface area (Å²) in [5.41, 5.74) is 0.452. The monoisotopic (exact) mass is 384 g/mol. The summed E-state index contributed by atoms with van der Waals surface area (Å²) in [6.45, 7) is 4.63. The van der Waals surface area contributed by atoms with Gasteiger partial charge in [0.1, 0.15) is 16.1 Å². The summed E-state index contributed by atoms with van der Waals surface area (Å²) in [7, 11) is 0. The van der Waals surface area contributed by atoms with Crippen LogP contribution in [0.3, 0.4) is 0 Å². The molecule has 1 aromatic rings. The molecule has 1 saturated carbocycles. The van der Waals surface area contributed by atoms with Crippen LogP contribution in [0.4, 0.5) is 0 Å². The molecule has 0 saturated heterocycles. The number of rotatable bonds is 1. The SMILES string of the molecule is CC1(C)CCC(c2nc(Cl)c(I)c(Cl)n2)CC1. The average molecular weight is 385 g/mol. The van der Waals surface area contributed by atoms with Crippen LogP contribution in [-0.4, -0.2) is 9.97 Å². The summed E-state index contributed by atoms with van der Waals surface area (Å²) in [6.07, 6.45) is 4.67. The summed E-state index contributed by atoms with van der Waals surface area (Å²) in [5.74, 6) is 1.23. The minimum Gasteiger partial charge on any atom is -0.220 e. The summed E-state index contributed by atoms with van der Waals surface area (Å²) in [6, 6.07) is 0. The van der Waals surface area contributed by atoms with Crippen molar-refractivity contribution in [1.82, 2.24) is 9.97 Å². The molecule has 0 aliphatic heterocycles. The second kappa shape index (κ2) is 5.17. The molecule has 0 bridgehead atoms. The van der Waals surface area contributed by atoms with Crippen molar-refractivity contribution >= 4 is 45.8 Å². The maximum Gasteiger partial charge on any atom is 0.147 e. The molecule has 0 radical (unpaired) electrons. The van der Waals surface area contributed by atoms with E-state index < -0.39 is 0 Å². The molecule has 0 N–H and O–H groups in total. The molecule has 1 aliphatic rings. The second-order valence-corrected chi connectivity index (χ2v) is 7.21. The molecule has 17 heavy (non-hydrogen) atoms. The second-order valence-electron chi connectivity index (χ2n) is 5.42. The van der Waals surface area contributed by atoms with Gasteiger partial charge in [-0.3, -0.25) is 0 Å². The van der Waals surface area contributed by atoms with Gasteiger partial charge in [-0.1, -0.05) is 37.0 Å². The van der Waals surface area contributed by atoms with E-state index in [2.05, 4.69) is 46.4 Å². The first-order valence-electron chi connectivity index (χ1n) is 5.77. The molecular weight excluding hydrogens is 370 g/mol. The highest BCUT2D eigenvalue weighted by Crippen LogP contribution is 2.42. The summed E-state index contributed by atoms with van der Waals surface area (Å²) in [4.78, 5) is 8.73. The Balaban J connectivity index is 2.19. The molecule has 1 heterocycles. The molecule has 2 nitrogen and oxygen atoms in total. The van der Waals surface area contributed by atoms with E-state index in [0.29, 0.717) is 21.6 Å². The third-order valence-electron chi connectivity index (χ3n) is 3.49. The van der Waals surface area contributed by atoms with Gasteiger partial charge < -0.3 is 0 Å². The molecule has 5 heteroatoms. The van der Waals surface area contributed by atoms with E-state index in [1.807, 2.05) is 0 Å². The Hall–Kier alpha value is 0.390. The van der Waals surface area contributed by atoms with Crippen LogP contribution in [0, 0.1) is 8.99 Å². The topological polar surface area (TPSA) is 25.8 Å². The molecular formula is C12H15Cl2IN2. The predicted molar refractivity (Wildman–Crippen MR) is 79.8 cm³/mol. The normalized spacial score (nSPS) is 20.5. The smallest absolute Gasteiger partial charge is 0.147 e. The fraction of sp³-hybridized carbons (Fsp3) is 0.667. The van der Waals surface area contributed by atoms with Crippen LogP contribution in [0.5, 0.6) is 0 Å². The number of halogens is 3. The largest absolute Gasteiger partial charge is 0.220 e. The summed E-state index contributed by atoms with van der Waals surface area (Å²) >= 11 is 14.2. The molecule has 0 spiro atoms. The maximum absolute atomic E-state index is 6.05. The summed E-state index contributed by atoms with van der Waals surface area (Å²) < 4.78 is 0.742. The van der Waals surface area contributed by atoms with Gasteiger partial charge in [0.05, 0.1) is 3.57 Å². The minimum absolute atomic E-state index is 0.412. The van der Waals surface area contributed by atoms with Crippen LogP contribution < -0.4 is 0 Å². The Bertz CT molecular complexity index is 402. The van der Waals surface area contributed by atoms with Crippen LogP contribution in [0.1, 0.15) is 51.3 Å². The van der Waals surface area contributed by atoms with E-state index in [4.69, 9.17) is 23.2 Å². The Morgan fingerprint density at radius 2 is 1.59 bits per heavy atom. The van der Waals surface area contributed by atoms with Crippen LogP contribution in [-0.2, 0) is 0 Å². The van der Waals surface area contributed by atoms with Crippen molar-refractivity contribution in [3.63, 3.8) is 0 Å². The van der Waals surface area contributed by atoms with E-state index in [1.54, 1.807) is 0 Å². The average Bonchev–Trinajstić information content (AvgIpc) is 2.25. The first kappa shape index (κ1) is 13.8. The van der Waals surface area contributed by atoms with Gasteiger partial charge in [-0.15, -0.1) is 0 Å². The van der Waals surface area contributed by atoms with Crippen molar-refractivity contribution < 1.29 is 0 Å². The van der Waals surface area contributed by atoms with Gasteiger partial charge in [-0.25, -0.2) is 9.97 Å².